The molecule has 1 aliphatic heterocycles. The zero-order valence-electron chi connectivity index (χ0n) is 19.0. The third-order valence-corrected chi connectivity index (χ3v) is 6.73. The fourth-order valence-electron chi connectivity index (χ4n) is 4.61. The third-order valence-electron chi connectivity index (χ3n) is 6.49. The number of hydrogen-bond acceptors (Lipinski definition) is 3. The van der Waals surface area contributed by atoms with Crippen molar-refractivity contribution in [2.45, 2.75) is 18.4 Å². The first-order chi connectivity index (χ1) is 17.0. The quantitative estimate of drug-likeness (QED) is 0.326. The van der Waals surface area contributed by atoms with Crippen molar-refractivity contribution in [3.05, 3.63) is 125 Å². The number of hydrogen-bond donors (Lipinski definition) is 1. The Bertz CT molecular complexity index is 1370. The molecule has 1 heterocycles. The summed E-state index contributed by atoms with van der Waals surface area (Å²) >= 11 is 6.22. The summed E-state index contributed by atoms with van der Waals surface area (Å²) in [5.41, 5.74) is 2.56. The maximum atomic E-state index is 13.5. The maximum Gasteiger partial charge on any atom is 0.264 e. The molecule has 4 aromatic carbocycles. The second-order valence-electron chi connectivity index (χ2n) is 8.76. The summed E-state index contributed by atoms with van der Waals surface area (Å²) < 4.78 is 0. The van der Waals surface area contributed by atoms with Crippen molar-refractivity contribution in [2.75, 3.05) is 11.4 Å². The lowest BCUT2D eigenvalue weighted by molar-refractivity contribution is -0.135. The number of halogens is 1. The molecule has 0 spiro atoms. The number of anilines is 1. The maximum absolute atomic E-state index is 13.5. The summed E-state index contributed by atoms with van der Waals surface area (Å²) in [5.74, 6) is -0.809. The number of amides is 1. The Morgan fingerprint density at radius 2 is 1.46 bits per heavy atom. The van der Waals surface area contributed by atoms with E-state index < -0.39 is 11.5 Å². The zero-order chi connectivity index (χ0) is 24.4. The molecule has 0 saturated carbocycles. The molecule has 0 aliphatic carbocycles. The van der Waals surface area contributed by atoms with Gasteiger partial charge in [-0.1, -0.05) is 96.5 Å². The molecule has 4 nitrogen and oxygen atoms in total. The number of rotatable bonds is 7. The molecule has 35 heavy (non-hydrogen) atoms. The molecule has 1 N–H and O–H groups in total. The highest BCUT2D eigenvalue weighted by Crippen LogP contribution is 2.44. The molecule has 174 valence electrons. The highest BCUT2D eigenvalue weighted by atomic mass is 35.5. The van der Waals surface area contributed by atoms with Crippen LogP contribution in [0.4, 0.5) is 5.69 Å². The van der Waals surface area contributed by atoms with Gasteiger partial charge in [0, 0.05) is 22.7 Å². The lowest BCUT2D eigenvalue weighted by Gasteiger charge is -2.23. The van der Waals surface area contributed by atoms with Gasteiger partial charge in [0.05, 0.1) is 12.1 Å². The summed E-state index contributed by atoms with van der Waals surface area (Å²) in [6.45, 7) is 0.389. The SMILES string of the molecule is O=C(C[C@]1(O)C(=O)N(CCc2ccccc2)c2ccc(Cl)cc21)c1ccc(-c2ccccc2)cc1. The van der Waals surface area contributed by atoms with Crippen LogP contribution in [0.25, 0.3) is 11.1 Å². The third kappa shape index (κ3) is 4.51. The van der Waals surface area contributed by atoms with Crippen LogP contribution >= 0.6 is 11.6 Å². The number of carbonyl (C=O) groups is 2. The first-order valence-corrected chi connectivity index (χ1v) is 11.9. The lowest BCUT2D eigenvalue weighted by atomic mass is 9.88. The Morgan fingerprint density at radius 3 is 2.14 bits per heavy atom. The molecule has 5 rings (SSSR count). The second kappa shape index (κ2) is 9.49. The van der Waals surface area contributed by atoms with Gasteiger partial charge in [-0.15, -0.1) is 0 Å². The van der Waals surface area contributed by atoms with Crippen LogP contribution in [0.5, 0.6) is 0 Å². The number of aliphatic hydroxyl groups is 1. The van der Waals surface area contributed by atoms with Crippen molar-refractivity contribution in [3.63, 3.8) is 0 Å². The zero-order valence-corrected chi connectivity index (χ0v) is 19.8. The summed E-state index contributed by atoms with van der Waals surface area (Å²) in [4.78, 5) is 28.3. The molecule has 0 fully saturated rings. The van der Waals surface area contributed by atoms with Crippen LogP contribution in [0.2, 0.25) is 5.02 Å². The predicted octanol–water partition coefficient (Wildman–Crippen LogP) is 6.06. The number of nitrogens with zero attached hydrogens (tertiary/aromatic N) is 1. The van der Waals surface area contributed by atoms with Gasteiger partial charge in [-0.05, 0) is 41.3 Å². The highest BCUT2D eigenvalue weighted by molar-refractivity contribution is 6.31. The van der Waals surface area contributed by atoms with E-state index in [9.17, 15) is 14.7 Å². The molecule has 1 aliphatic rings. The van der Waals surface area contributed by atoms with Crippen molar-refractivity contribution >= 4 is 29.0 Å². The van der Waals surface area contributed by atoms with E-state index in [0.717, 1.165) is 16.7 Å². The average molecular weight is 482 g/mol. The van der Waals surface area contributed by atoms with Crippen LogP contribution in [0.3, 0.4) is 0 Å². The molecule has 0 saturated heterocycles. The molecule has 0 unspecified atom stereocenters. The summed E-state index contributed by atoms with van der Waals surface area (Å²) in [6.07, 6.45) is 0.269. The fraction of sp³-hybridized carbons (Fsp3) is 0.133. The molecule has 5 heteroatoms. The normalized spacial score (nSPS) is 16.9. The van der Waals surface area contributed by atoms with Gasteiger partial charge in [0.1, 0.15) is 0 Å². The van der Waals surface area contributed by atoms with Crippen LogP contribution < -0.4 is 4.90 Å². The number of carbonyl (C=O) groups excluding carboxylic acids is 2. The largest absolute Gasteiger partial charge is 0.375 e. The summed E-state index contributed by atoms with van der Waals surface area (Å²) in [5, 5.41) is 12.0. The van der Waals surface area contributed by atoms with Gasteiger partial charge in [0.15, 0.2) is 11.4 Å². The van der Waals surface area contributed by atoms with E-state index in [1.165, 1.54) is 0 Å². The van der Waals surface area contributed by atoms with Crippen molar-refractivity contribution in [1.29, 1.82) is 0 Å². The predicted molar refractivity (Wildman–Crippen MR) is 139 cm³/mol. The van der Waals surface area contributed by atoms with Crippen LogP contribution in [0.15, 0.2) is 103 Å². The smallest absolute Gasteiger partial charge is 0.264 e. The molecular formula is C30H24ClNO3. The Labute approximate surface area is 209 Å². The van der Waals surface area contributed by atoms with E-state index in [0.29, 0.717) is 34.8 Å². The van der Waals surface area contributed by atoms with Gasteiger partial charge >= 0.3 is 0 Å². The number of ketones is 1. The number of benzene rings is 4. The van der Waals surface area contributed by atoms with Gasteiger partial charge in [0.2, 0.25) is 0 Å². The van der Waals surface area contributed by atoms with Crippen molar-refractivity contribution in [2.24, 2.45) is 0 Å². The van der Waals surface area contributed by atoms with Crippen molar-refractivity contribution in [1.82, 2.24) is 0 Å². The lowest BCUT2D eigenvalue weighted by Crippen LogP contribution is -2.42. The van der Waals surface area contributed by atoms with E-state index in [1.54, 1.807) is 35.2 Å². The Hall–Kier alpha value is -3.73. The molecule has 0 aromatic heterocycles. The first kappa shape index (κ1) is 23.0. The minimum Gasteiger partial charge on any atom is -0.375 e. The van der Waals surface area contributed by atoms with Gasteiger partial charge in [-0.3, -0.25) is 9.59 Å². The second-order valence-corrected chi connectivity index (χ2v) is 9.19. The first-order valence-electron chi connectivity index (χ1n) is 11.5. The Kier molecular flexibility index (Phi) is 6.25. The number of Topliss-reactive ketones (excluding diaryl/α,β-unsaturated/α-hetero) is 1. The van der Waals surface area contributed by atoms with E-state index >= 15 is 0 Å². The summed E-state index contributed by atoms with van der Waals surface area (Å²) in [6, 6.07) is 32.0. The van der Waals surface area contributed by atoms with Gasteiger partial charge in [-0.25, -0.2) is 0 Å². The standard InChI is InChI=1S/C30H24ClNO3/c31-25-15-16-27-26(19-25)30(35,29(34)32(27)18-17-21-7-3-1-4-8-21)20-28(33)24-13-11-23(12-14-24)22-9-5-2-6-10-22/h1-16,19,35H,17-18,20H2/t30-/m1/s1. The van der Waals surface area contributed by atoms with E-state index in [2.05, 4.69) is 0 Å². The van der Waals surface area contributed by atoms with Gasteiger partial charge < -0.3 is 10.0 Å². The van der Waals surface area contributed by atoms with Crippen LogP contribution in [0.1, 0.15) is 27.9 Å². The molecule has 0 radical (unpaired) electrons. The molecule has 1 atom stereocenters. The van der Waals surface area contributed by atoms with Gasteiger partial charge in [0.25, 0.3) is 5.91 Å². The average Bonchev–Trinajstić information content (AvgIpc) is 3.09. The highest BCUT2D eigenvalue weighted by Gasteiger charge is 2.50. The van der Waals surface area contributed by atoms with Gasteiger partial charge in [-0.2, -0.15) is 0 Å². The summed E-state index contributed by atoms with van der Waals surface area (Å²) in [7, 11) is 0. The van der Waals surface area contributed by atoms with Crippen LogP contribution in [0, 0.1) is 0 Å². The fourth-order valence-corrected chi connectivity index (χ4v) is 4.79. The minimum atomic E-state index is -1.97. The number of fused-ring (bicyclic) bond motifs is 1. The van der Waals surface area contributed by atoms with Crippen LogP contribution in [-0.2, 0) is 16.8 Å². The topological polar surface area (TPSA) is 57.6 Å². The van der Waals surface area contributed by atoms with E-state index in [4.69, 9.17) is 11.6 Å². The minimum absolute atomic E-state index is 0.309. The van der Waals surface area contributed by atoms with Crippen LogP contribution in [-0.4, -0.2) is 23.3 Å². The van der Waals surface area contributed by atoms with Crippen molar-refractivity contribution in [3.8, 4) is 11.1 Å². The molecule has 0 bridgehead atoms. The monoisotopic (exact) mass is 481 g/mol. The molecule has 4 aromatic rings. The van der Waals surface area contributed by atoms with E-state index in [1.807, 2.05) is 72.8 Å². The Morgan fingerprint density at radius 1 is 0.829 bits per heavy atom. The van der Waals surface area contributed by atoms with E-state index in [-0.39, 0.29) is 12.2 Å². The molecular weight excluding hydrogens is 458 g/mol. The van der Waals surface area contributed by atoms with Crippen molar-refractivity contribution < 1.29 is 14.7 Å². The Balaban J connectivity index is 1.40. The molecule has 1 amide bonds.